The molecular weight excluding hydrogens is 247 g/mol. The molecule has 1 atom stereocenters. The quantitative estimate of drug-likeness (QED) is 0.880. The molecule has 0 saturated carbocycles. The van der Waals surface area contributed by atoms with Crippen LogP contribution >= 0.6 is 23.2 Å². The van der Waals surface area contributed by atoms with Gasteiger partial charge in [0.1, 0.15) is 0 Å². The highest BCUT2D eigenvalue weighted by Crippen LogP contribution is 2.24. The van der Waals surface area contributed by atoms with E-state index in [1.54, 1.807) is 0 Å². The minimum atomic E-state index is -3.74. The van der Waals surface area contributed by atoms with Crippen LogP contribution in [0.1, 0.15) is 6.92 Å². The lowest BCUT2D eigenvalue weighted by molar-refractivity contribution is 0.268. The summed E-state index contributed by atoms with van der Waals surface area (Å²) >= 11 is 11.3. The van der Waals surface area contributed by atoms with Gasteiger partial charge in [-0.25, -0.2) is 8.42 Å². The predicted molar refractivity (Wildman–Crippen MR) is 55.3 cm³/mol. The van der Waals surface area contributed by atoms with Crippen LogP contribution in [0, 0.1) is 0 Å². The fourth-order valence-corrected chi connectivity index (χ4v) is 2.52. The van der Waals surface area contributed by atoms with E-state index in [1.165, 1.54) is 25.1 Å². The number of benzene rings is 1. The molecule has 0 aliphatic heterocycles. The topological polar surface area (TPSA) is 54.4 Å². The van der Waals surface area contributed by atoms with Crippen molar-refractivity contribution in [2.24, 2.45) is 0 Å². The lowest BCUT2D eigenvalue weighted by atomic mass is 10.4. The third-order valence-electron chi connectivity index (χ3n) is 1.61. The van der Waals surface area contributed by atoms with E-state index in [4.69, 9.17) is 28.3 Å². The molecule has 0 aliphatic rings. The number of rotatable bonds is 2. The van der Waals surface area contributed by atoms with Crippen LogP contribution in [0.4, 0.5) is 0 Å². The second-order valence-corrected chi connectivity index (χ2v) is 5.87. The van der Waals surface area contributed by atoms with E-state index in [2.05, 4.69) is 0 Å². The molecule has 0 bridgehead atoms. The minimum Gasteiger partial charge on any atom is -0.377 e. The van der Waals surface area contributed by atoms with E-state index < -0.39 is 15.3 Å². The zero-order valence-corrected chi connectivity index (χ0v) is 9.57. The van der Waals surface area contributed by atoms with Gasteiger partial charge in [0, 0.05) is 10.0 Å². The smallest absolute Gasteiger partial charge is 0.204 e. The monoisotopic (exact) mass is 254 g/mol. The standard InChI is InChI=1S/C8H8Cl2O3S/c1-5(11)14(12,13)8-3-6(9)2-7(10)4-8/h2-5,11H,1H3/t5-/m1/s1. The summed E-state index contributed by atoms with van der Waals surface area (Å²) in [5.41, 5.74) is -1.47. The Morgan fingerprint density at radius 2 is 1.64 bits per heavy atom. The van der Waals surface area contributed by atoms with Gasteiger partial charge in [-0.3, -0.25) is 0 Å². The van der Waals surface area contributed by atoms with Crippen LogP contribution in [-0.2, 0) is 9.84 Å². The Morgan fingerprint density at radius 3 is 2.00 bits per heavy atom. The van der Waals surface area contributed by atoms with Gasteiger partial charge in [-0.05, 0) is 25.1 Å². The minimum absolute atomic E-state index is 0.0787. The molecule has 1 aromatic rings. The number of sulfone groups is 1. The van der Waals surface area contributed by atoms with Crippen molar-refractivity contribution in [2.75, 3.05) is 0 Å². The molecule has 78 valence electrons. The first-order valence-electron chi connectivity index (χ1n) is 3.72. The Balaban J connectivity index is 3.34. The average molecular weight is 255 g/mol. The van der Waals surface area contributed by atoms with Gasteiger partial charge in [0.15, 0.2) is 5.44 Å². The lowest BCUT2D eigenvalue weighted by Crippen LogP contribution is -2.16. The summed E-state index contributed by atoms with van der Waals surface area (Å²) in [6, 6.07) is 3.91. The van der Waals surface area contributed by atoms with E-state index in [0.717, 1.165) is 0 Å². The Morgan fingerprint density at radius 1 is 1.21 bits per heavy atom. The number of halogens is 2. The molecule has 1 N–H and O–H groups in total. The summed E-state index contributed by atoms with van der Waals surface area (Å²) in [7, 11) is -3.74. The van der Waals surface area contributed by atoms with Crippen LogP contribution < -0.4 is 0 Å². The fraction of sp³-hybridized carbons (Fsp3) is 0.250. The normalized spacial score (nSPS) is 14.0. The number of aliphatic hydroxyl groups is 1. The van der Waals surface area contributed by atoms with E-state index in [-0.39, 0.29) is 14.9 Å². The SMILES string of the molecule is C[C@H](O)S(=O)(=O)c1cc(Cl)cc(Cl)c1. The molecule has 0 aromatic heterocycles. The number of hydrogen-bond donors (Lipinski definition) is 1. The van der Waals surface area contributed by atoms with Crippen LogP contribution in [0.15, 0.2) is 23.1 Å². The second kappa shape index (κ2) is 4.06. The summed E-state index contributed by atoms with van der Waals surface area (Å²) in [4.78, 5) is -0.0787. The van der Waals surface area contributed by atoms with Gasteiger partial charge in [-0.1, -0.05) is 23.2 Å². The van der Waals surface area contributed by atoms with E-state index in [0.29, 0.717) is 0 Å². The molecule has 0 amide bonds. The van der Waals surface area contributed by atoms with Gasteiger partial charge in [0.2, 0.25) is 9.84 Å². The third-order valence-corrected chi connectivity index (χ3v) is 3.84. The summed E-state index contributed by atoms with van der Waals surface area (Å²) in [5, 5.41) is 9.48. The van der Waals surface area contributed by atoms with Crippen molar-refractivity contribution in [3.63, 3.8) is 0 Å². The van der Waals surface area contributed by atoms with E-state index in [9.17, 15) is 8.42 Å². The molecular formula is C8H8Cl2O3S. The van der Waals surface area contributed by atoms with Crippen LogP contribution in [0.25, 0.3) is 0 Å². The van der Waals surface area contributed by atoms with Crippen LogP contribution in [0.5, 0.6) is 0 Å². The van der Waals surface area contributed by atoms with Crippen molar-refractivity contribution in [1.29, 1.82) is 0 Å². The molecule has 0 unspecified atom stereocenters. The molecule has 0 fully saturated rings. The van der Waals surface area contributed by atoms with Gasteiger partial charge >= 0.3 is 0 Å². The van der Waals surface area contributed by atoms with Crippen molar-refractivity contribution < 1.29 is 13.5 Å². The molecule has 3 nitrogen and oxygen atoms in total. The highest BCUT2D eigenvalue weighted by molar-refractivity contribution is 7.91. The van der Waals surface area contributed by atoms with Gasteiger partial charge in [-0.2, -0.15) is 0 Å². The third kappa shape index (κ3) is 2.39. The maximum atomic E-state index is 11.5. The second-order valence-electron chi connectivity index (χ2n) is 2.75. The summed E-state index contributed by atoms with van der Waals surface area (Å²) < 4.78 is 22.9. The fourth-order valence-electron chi connectivity index (χ4n) is 0.890. The molecule has 1 aromatic carbocycles. The van der Waals surface area contributed by atoms with Gasteiger partial charge < -0.3 is 5.11 Å². The predicted octanol–water partition coefficient (Wildman–Crippen LogP) is 2.11. The largest absolute Gasteiger partial charge is 0.377 e. The molecule has 6 heteroatoms. The highest BCUT2D eigenvalue weighted by atomic mass is 35.5. The van der Waals surface area contributed by atoms with Crippen molar-refractivity contribution >= 4 is 33.0 Å². The summed E-state index contributed by atoms with van der Waals surface area (Å²) in [6.45, 7) is 1.17. The first-order valence-corrected chi connectivity index (χ1v) is 6.02. The molecule has 0 saturated heterocycles. The van der Waals surface area contributed by atoms with Crippen LogP contribution in [0.2, 0.25) is 10.0 Å². The van der Waals surface area contributed by atoms with Gasteiger partial charge in [0.05, 0.1) is 4.90 Å². The highest BCUT2D eigenvalue weighted by Gasteiger charge is 2.21. The first kappa shape index (κ1) is 11.8. The molecule has 14 heavy (non-hydrogen) atoms. The Hall–Kier alpha value is -0.290. The van der Waals surface area contributed by atoms with E-state index >= 15 is 0 Å². The van der Waals surface area contributed by atoms with Crippen molar-refractivity contribution in [3.8, 4) is 0 Å². The first-order chi connectivity index (χ1) is 6.34. The van der Waals surface area contributed by atoms with Crippen molar-refractivity contribution in [1.82, 2.24) is 0 Å². The Bertz CT molecular complexity index is 420. The average Bonchev–Trinajstić information content (AvgIpc) is 2.01. The lowest BCUT2D eigenvalue weighted by Gasteiger charge is -2.07. The van der Waals surface area contributed by atoms with Gasteiger partial charge in [0.25, 0.3) is 0 Å². The number of aliphatic hydroxyl groups excluding tert-OH is 1. The van der Waals surface area contributed by atoms with Crippen LogP contribution in [-0.4, -0.2) is 19.0 Å². The van der Waals surface area contributed by atoms with Crippen molar-refractivity contribution in [3.05, 3.63) is 28.2 Å². The summed E-state index contributed by atoms with van der Waals surface area (Å²) in [6.07, 6.45) is 0. The molecule has 0 radical (unpaired) electrons. The molecule has 0 aliphatic carbocycles. The number of hydrogen-bond acceptors (Lipinski definition) is 3. The van der Waals surface area contributed by atoms with Gasteiger partial charge in [-0.15, -0.1) is 0 Å². The van der Waals surface area contributed by atoms with Crippen molar-refractivity contribution in [2.45, 2.75) is 17.3 Å². The zero-order chi connectivity index (χ0) is 10.9. The van der Waals surface area contributed by atoms with Crippen LogP contribution in [0.3, 0.4) is 0 Å². The molecule has 0 heterocycles. The van der Waals surface area contributed by atoms with E-state index in [1.807, 2.05) is 0 Å². The molecule has 0 spiro atoms. The summed E-state index contributed by atoms with van der Waals surface area (Å²) in [5.74, 6) is 0. The maximum Gasteiger partial charge on any atom is 0.204 e. The Kier molecular flexibility index (Phi) is 3.42. The maximum absolute atomic E-state index is 11.5. The zero-order valence-electron chi connectivity index (χ0n) is 7.24. The Labute approximate surface area is 92.2 Å². The molecule has 1 rings (SSSR count).